The van der Waals surface area contributed by atoms with E-state index >= 15 is 0 Å². The first-order valence-corrected chi connectivity index (χ1v) is 6.67. The summed E-state index contributed by atoms with van der Waals surface area (Å²) in [6, 6.07) is 9.66. The summed E-state index contributed by atoms with van der Waals surface area (Å²) in [6.45, 7) is 2.10. The summed E-state index contributed by atoms with van der Waals surface area (Å²) in [5.41, 5.74) is 2.07. The number of hydrogen-bond acceptors (Lipinski definition) is 2. The Morgan fingerprint density at radius 3 is 2.35 bits per heavy atom. The van der Waals surface area contributed by atoms with Gasteiger partial charge in [-0.3, -0.25) is 0 Å². The predicted molar refractivity (Wildman–Crippen MR) is 69.0 cm³/mol. The molecule has 2 nitrogen and oxygen atoms in total. The van der Waals surface area contributed by atoms with Gasteiger partial charge in [0.05, 0.1) is 5.60 Å². The highest BCUT2D eigenvalue weighted by molar-refractivity contribution is 5.23. The van der Waals surface area contributed by atoms with E-state index in [2.05, 4.69) is 36.5 Å². The fraction of sp³-hybridized carbons (Fsp3) is 0.600. The van der Waals surface area contributed by atoms with Crippen LogP contribution in [0.3, 0.4) is 0 Å². The summed E-state index contributed by atoms with van der Waals surface area (Å²) in [5.74, 6) is 0. The Balaban J connectivity index is 1.73. The van der Waals surface area contributed by atoms with Gasteiger partial charge in [-0.15, -0.1) is 0 Å². The van der Waals surface area contributed by atoms with E-state index in [1.807, 2.05) is 0 Å². The molecule has 2 heteroatoms. The van der Waals surface area contributed by atoms with Crippen molar-refractivity contribution in [2.45, 2.75) is 56.7 Å². The molecule has 92 valence electrons. The van der Waals surface area contributed by atoms with Crippen LogP contribution < -0.4 is 5.32 Å². The second-order valence-electron chi connectivity index (χ2n) is 5.93. The summed E-state index contributed by atoms with van der Waals surface area (Å²) in [4.78, 5) is 0. The van der Waals surface area contributed by atoms with Gasteiger partial charge < -0.3 is 10.4 Å². The minimum absolute atomic E-state index is 0.480. The van der Waals surface area contributed by atoms with E-state index < -0.39 is 5.60 Å². The van der Waals surface area contributed by atoms with Crippen molar-refractivity contribution in [3.05, 3.63) is 35.4 Å². The molecule has 0 radical (unpaired) electrons. The smallest absolute Gasteiger partial charge is 0.0717 e. The van der Waals surface area contributed by atoms with Crippen molar-refractivity contribution in [1.82, 2.24) is 5.32 Å². The number of nitrogens with one attached hydrogen (secondary N) is 1. The molecule has 2 aliphatic rings. The summed E-state index contributed by atoms with van der Waals surface area (Å²) < 4.78 is 0. The second kappa shape index (κ2) is 4.11. The predicted octanol–water partition coefficient (Wildman–Crippen LogP) is 2.18. The Morgan fingerprint density at radius 1 is 1.18 bits per heavy atom. The van der Waals surface area contributed by atoms with E-state index in [1.165, 1.54) is 24.0 Å². The van der Waals surface area contributed by atoms with Gasteiger partial charge in [-0.25, -0.2) is 0 Å². The van der Waals surface area contributed by atoms with Gasteiger partial charge in [0, 0.05) is 18.5 Å². The third kappa shape index (κ3) is 2.38. The van der Waals surface area contributed by atoms with Gasteiger partial charge in [-0.05, 0) is 38.2 Å². The third-order valence-corrected chi connectivity index (χ3v) is 4.24. The number of aryl methyl sites for hydroxylation is 1. The molecule has 1 aromatic rings. The molecular formula is C15H21NO. The number of benzene rings is 1. The highest BCUT2D eigenvalue weighted by Crippen LogP contribution is 2.35. The molecule has 1 aromatic carbocycles. The van der Waals surface area contributed by atoms with Gasteiger partial charge in [0.25, 0.3) is 0 Å². The molecule has 3 rings (SSSR count). The molecule has 2 bridgehead atoms. The Morgan fingerprint density at radius 2 is 1.76 bits per heavy atom. The highest BCUT2D eigenvalue weighted by Gasteiger charge is 2.42. The van der Waals surface area contributed by atoms with E-state index in [4.69, 9.17) is 0 Å². The van der Waals surface area contributed by atoms with Crippen LogP contribution in [0.5, 0.6) is 0 Å². The lowest BCUT2D eigenvalue weighted by Gasteiger charge is -2.37. The molecule has 2 unspecified atom stereocenters. The average molecular weight is 231 g/mol. The zero-order valence-electron chi connectivity index (χ0n) is 10.4. The maximum Gasteiger partial charge on any atom is 0.0717 e. The zero-order chi connectivity index (χ0) is 11.9. The molecule has 2 N–H and O–H groups in total. The Kier molecular flexibility index (Phi) is 2.72. The van der Waals surface area contributed by atoms with Gasteiger partial charge in [0.2, 0.25) is 0 Å². The van der Waals surface area contributed by atoms with Crippen LogP contribution >= 0.6 is 0 Å². The topological polar surface area (TPSA) is 32.3 Å². The van der Waals surface area contributed by atoms with Crippen LogP contribution in [0.1, 0.15) is 36.8 Å². The van der Waals surface area contributed by atoms with Gasteiger partial charge >= 0.3 is 0 Å². The van der Waals surface area contributed by atoms with Crippen LogP contribution in [0.2, 0.25) is 0 Å². The highest BCUT2D eigenvalue weighted by atomic mass is 16.3. The van der Waals surface area contributed by atoms with E-state index in [0.29, 0.717) is 12.1 Å². The Labute approximate surface area is 103 Å². The number of fused-ring (bicyclic) bond motifs is 2. The number of aliphatic hydroxyl groups is 1. The van der Waals surface area contributed by atoms with Crippen LogP contribution in [0, 0.1) is 6.92 Å². The van der Waals surface area contributed by atoms with Crippen molar-refractivity contribution < 1.29 is 5.11 Å². The Bertz CT molecular complexity index is 386. The normalized spacial score (nSPS) is 36.1. The molecule has 0 amide bonds. The van der Waals surface area contributed by atoms with Crippen LogP contribution in [0.25, 0.3) is 0 Å². The Hall–Kier alpha value is -0.860. The van der Waals surface area contributed by atoms with Crippen molar-refractivity contribution >= 4 is 0 Å². The molecule has 2 fully saturated rings. The second-order valence-corrected chi connectivity index (χ2v) is 5.93. The lowest BCUT2D eigenvalue weighted by Crippen LogP contribution is -2.49. The first kappa shape index (κ1) is 11.2. The fourth-order valence-electron chi connectivity index (χ4n) is 3.46. The molecule has 2 heterocycles. The fourth-order valence-corrected chi connectivity index (χ4v) is 3.46. The van der Waals surface area contributed by atoms with E-state index in [9.17, 15) is 5.11 Å². The molecule has 2 aliphatic heterocycles. The standard InChI is InChI=1S/C15H21NO/c1-11-2-4-12(5-3-11)8-15(17)9-13-6-7-14(10-15)16-13/h2-5,13-14,16-17H,6-10H2,1H3. The van der Waals surface area contributed by atoms with Crippen LogP contribution in [-0.4, -0.2) is 22.8 Å². The number of rotatable bonds is 2. The van der Waals surface area contributed by atoms with Gasteiger partial charge in [0.15, 0.2) is 0 Å². The van der Waals surface area contributed by atoms with E-state index in [-0.39, 0.29) is 0 Å². The van der Waals surface area contributed by atoms with Crippen LogP contribution in [0.15, 0.2) is 24.3 Å². The molecule has 0 aliphatic carbocycles. The first-order chi connectivity index (χ1) is 8.13. The monoisotopic (exact) mass is 231 g/mol. The quantitative estimate of drug-likeness (QED) is 0.817. The van der Waals surface area contributed by atoms with Gasteiger partial charge in [0.1, 0.15) is 0 Å². The van der Waals surface area contributed by atoms with Crippen molar-refractivity contribution in [2.24, 2.45) is 0 Å². The molecule has 2 saturated heterocycles. The molecule has 2 atom stereocenters. The summed E-state index contributed by atoms with van der Waals surface area (Å²) in [6.07, 6.45) is 5.11. The summed E-state index contributed by atoms with van der Waals surface area (Å²) in [5, 5.41) is 14.3. The lowest BCUT2D eigenvalue weighted by molar-refractivity contribution is -0.00608. The minimum atomic E-state index is -0.480. The van der Waals surface area contributed by atoms with E-state index in [0.717, 1.165) is 19.3 Å². The van der Waals surface area contributed by atoms with Crippen molar-refractivity contribution in [2.75, 3.05) is 0 Å². The largest absolute Gasteiger partial charge is 0.389 e. The SMILES string of the molecule is Cc1ccc(CC2(O)CC3CCC(C2)N3)cc1. The maximum atomic E-state index is 10.7. The minimum Gasteiger partial charge on any atom is -0.389 e. The first-order valence-electron chi connectivity index (χ1n) is 6.67. The summed E-state index contributed by atoms with van der Waals surface area (Å²) in [7, 11) is 0. The van der Waals surface area contributed by atoms with Gasteiger partial charge in [-0.1, -0.05) is 29.8 Å². The number of piperidine rings is 1. The van der Waals surface area contributed by atoms with Crippen LogP contribution in [0.4, 0.5) is 0 Å². The molecule has 0 aromatic heterocycles. The zero-order valence-corrected chi connectivity index (χ0v) is 10.4. The van der Waals surface area contributed by atoms with Crippen molar-refractivity contribution in [3.8, 4) is 0 Å². The third-order valence-electron chi connectivity index (χ3n) is 4.24. The van der Waals surface area contributed by atoms with Gasteiger partial charge in [-0.2, -0.15) is 0 Å². The molecular weight excluding hydrogens is 210 g/mol. The lowest BCUT2D eigenvalue weighted by atomic mass is 9.82. The molecule has 0 spiro atoms. The average Bonchev–Trinajstić information content (AvgIpc) is 2.62. The molecule has 17 heavy (non-hydrogen) atoms. The maximum absolute atomic E-state index is 10.7. The van der Waals surface area contributed by atoms with Crippen molar-refractivity contribution in [3.63, 3.8) is 0 Å². The van der Waals surface area contributed by atoms with E-state index in [1.54, 1.807) is 0 Å². The van der Waals surface area contributed by atoms with Crippen LogP contribution in [-0.2, 0) is 6.42 Å². The number of hydrogen-bond donors (Lipinski definition) is 2. The molecule has 0 saturated carbocycles. The van der Waals surface area contributed by atoms with Crippen molar-refractivity contribution in [1.29, 1.82) is 0 Å². The summed E-state index contributed by atoms with van der Waals surface area (Å²) >= 11 is 0.